The van der Waals surface area contributed by atoms with E-state index in [1.54, 1.807) is 0 Å². The normalized spacial score (nSPS) is 22.2. The third-order valence-corrected chi connectivity index (χ3v) is 11.6. The summed E-state index contributed by atoms with van der Waals surface area (Å²) in [5.74, 6) is 0. The van der Waals surface area contributed by atoms with Crippen molar-refractivity contribution < 1.29 is 0 Å². The van der Waals surface area contributed by atoms with E-state index in [0.717, 1.165) is 24.5 Å². The molecule has 0 radical (unpaired) electrons. The number of allylic oxidation sites excluding steroid dienone is 2. The summed E-state index contributed by atoms with van der Waals surface area (Å²) in [6.07, 6.45) is 2.10. The van der Waals surface area contributed by atoms with E-state index < -0.39 is 7.36 Å². The number of likely N-dealkylation sites (N-methyl/N-ethyl adjacent to an activating group) is 1. The van der Waals surface area contributed by atoms with Crippen molar-refractivity contribution in [1.82, 2.24) is 4.67 Å². The van der Waals surface area contributed by atoms with Crippen LogP contribution in [0, 0.1) is 13.8 Å². The molecule has 6 heteroatoms. The third-order valence-electron chi connectivity index (χ3n) is 7.92. The van der Waals surface area contributed by atoms with Crippen LogP contribution in [0.2, 0.25) is 0 Å². The van der Waals surface area contributed by atoms with Crippen molar-refractivity contribution in [3.63, 3.8) is 0 Å². The van der Waals surface area contributed by atoms with Gasteiger partial charge in [0.25, 0.3) is 0 Å². The van der Waals surface area contributed by atoms with Gasteiger partial charge in [0.1, 0.15) is 0 Å². The second-order valence-corrected chi connectivity index (χ2v) is 13.1. The number of aryl methyl sites for hydroxylation is 1. The Hall–Kier alpha value is -3.14. The van der Waals surface area contributed by atoms with Gasteiger partial charge in [0, 0.05) is 36.9 Å². The predicted octanol–water partition coefficient (Wildman–Crippen LogP) is 8.45. The van der Waals surface area contributed by atoms with E-state index in [2.05, 4.69) is 142 Å². The van der Waals surface area contributed by atoms with Crippen LogP contribution in [0.25, 0.3) is 0 Å². The Morgan fingerprint density at radius 1 is 0.892 bits per heavy atom. The van der Waals surface area contributed by atoms with Crippen molar-refractivity contribution in [3.05, 3.63) is 100 Å². The molecule has 0 aliphatic carbocycles. The molecule has 2 heterocycles. The van der Waals surface area contributed by atoms with Crippen molar-refractivity contribution in [2.24, 2.45) is 9.85 Å². The highest BCUT2D eigenvalue weighted by molar-refractivity contribution is 7.71. The SMILES string of the molecule is CCN(CC)P1(=Nc2cccc(C)c2C)/C(=C2/N(C)c3ccccc3C2(C)C)C=NN1c1ccccc1. The molecule has 3 aromatic carbocycles. The molecule has 0 saturated heterocycles. The maximum Gasteiger partial charge on any atom is 0.179 e. The molecule has 1 atom stereocenters. The number of benzene rings is 3. The van der Waals surface area contributed by atoms with E-state index in [0.29, 0.717) is 0 Å². The maximum atomic E-state index is 5.79. The van der Waals surface area contributed by atoms with Gasteiger partial charge in [-0.1, -0.05) is 76.2 Å². The van der Waals surface area contributed by atoms with E-state index >= 15 is 0 Å². The fourth-order valence-corrected chi connectivity index (χ4v) is 9.80. The molecule has 5 rings (SSSR count). The van der Waals surface area contributed by atoms with Gasteiger partial charge in [0.2, 0.25) is 0 Å². The lowest BCUT2D eigenvalue weighted by molar-refractivity contribution is 0.501. The van der Waals surface area contributed by atoms with E-state index in [9.17, 15) is 0 Å². The monoisotopic (exact) mass is 511 g/mol. The van der Waals surface area contributed by atoms with Crippen LogP contribution in [0.15, 0.2) is 93.7 Å². The number of rotatable bonds is 5. The summed E-state index contributed by atoms with van der Waals surface area (Å²) < 4.78 is 10.6. The van der Waals surface area contributed by atoms with Gasteiger partial charge in [-0.3, -0.25) is 0 Å². The first-order valence-electron chi connectivity index (χ1n) is 13.2. The highest BCUT2D eigenvalue weighted by atomic mass is 31.2. The van der Waals surface area contributed by atoms with Gasteiger partial charge in [-0.25, -0.2) is 14.2 Å². The van der Waals surface area contributed by atoms with Crippen LogP contribution in [-0.4, -0.2) is 31.0 Å². The van der Waals surface area contributed by atoms with Crippen molar-refractivity contribution >= 4 is 30.6 Å². The van der Waals surface area contributed by atoms with Crippen LogP contribution in [0.3, 0.4) is 0 Å². The molecule has 0 spiro atoms. The number of fused-ring (bicyclic) bond motifs is 1. The molecular weight excluding hydrogens is 473 g/mol. The molecule has 37 heavy (non-hydrogen) atoms. The summed E-state index contributed by atoms with van der Waals surface area (Å²) in [6.45, 7) is 15.3. The minimum absolute atomic E-state index is 0.186. The Balaban J connectivity index is 1.91. The third kappa shape index (κ3) is 3.88. The summed E-state index contributed by atoms with van der Waals surface area (Å²) in [7, 11) is -0.357. The molecule has 2 aliphatic rings. The number of nitrogens with zero attached hydrogens (tertiary/aromatic N) is 5. The topological polar surface area (TPSA) is 34.4 Å². The number of hydrazone groups is 1. The van der Waals surface area contributed by atoms with Crippen LogP contribution < -0.4 is 9.68 Å². The van der Waals surface area contributed by atoms with Crippen LogP contribution in [-0.2, 0) is 5.41 Å². The van der Waals surface area contributed by atoms with Gasteiger partial charge < -0.3 is 4.90 Å². The summed E-state index contributed by atoms with van der Waals surface area (Å²) in [5, 5.41) is 6.38. The van der Waals surface area contributed by atoms with Crippen molar-refractivity contribution in [2.75, 3.05) is 29.8 Å². The molecular formula is C31H38N5P. The molecule has 1 unspecified atom stereocenters. The first-order valence-corrected chi connectivity index (χ1v) is 14.8. The molecule has 5 nitrogen and oxygen atoms in total. The largest absolute Gasteiger partial charge is 0.346 e. The molecule has 0 N–H and O–H groups in total. The van der Waals surface area contributed by atoms with E-state index in [1.807, 2.05) is 0 Å². The zero-order valence-corrected chi connectivity index (χ0v) is 24.0. The first kappa shape index (κ1) is 25.5. The highest BCUT2D eigenvalue weighted by Gasteiger charge is 2.49. The van der Waals surface area contributed by atoms with Crippen molar-refractivity contribution in [2.45, 2.75) is 47.0 Å². The quantitative estimate of drug-likeness (QED) is 0.322. The van der Waals surface area contributed by atoms with Gasteiger partial charge in [-0.05, 0) is 54.8 Å². The Labute approximate surface area is 222 Å². The zero-order valence-electron chi connectivity index (χ0n) is 23.1. The van der Waals surface area contributed by atoms with E-state index in [4.69, 9.17) is 9.85 Å². The van der Waals surface area contributed by atoms with Gasteiger partial charge >= 0.3 is 0 Å². The van der Waals surface area contributed by atoms with Crippen LogP contribution in [0.5, 0.6) is 0 Å². The lowest BCUT2D eigenvalue weighted by atomic mass is 9.84. The first-order chi connectivity index (χ1) is 17.8. The molecule has 0 saturated carbocycles. The zero-order chi connectivity index (χ0) is 26.4. The fraction of sp³-hybridized carbons (Fsp3) is 0.323. The molecule has 0 fully saturated rings. The number of hydrogen-bond acceptors (Lipinski definition) is 3. The van der Waals surface area contributed by atoms with Gasteiger partial charge in [-0.15, -0.1) is 0 Å². The van der Waals surface area contributed by atoms with Crippen LogP contribution in [0.4, 0.5) is 17.1 Å². The Kier molecular flexibility index (Phi) is 6.64. The summed E-state index contributed by atoms with van der Waals surface area (Å²) >= 11 is 0. The van der Waals surface area contributed by atoms with Crippen molar-refractivity contribution in [1.29, 1.82) is 0 Å². The summed E-state index contributed by atoms with van der Waals surface area (Å²) in [6, 6.07) is 25.8. The molecule has 0 amide bonds. The van der Waals surface area contributed by atoms with Gasteiger partial charge in [-0.2, -0.15) is 5.10 Å². The maximum absolute atomic E-state index is 5.79. The smallest absolute Gasteiger partial charge is 0.179 e. The molecule has 2 aliphatic heterocycles. The minimum atomic E-state index is -2.56. The Morgan fingerprint density at radius 3 is 2.24 bits per heavy atom. The minimum Gasteiger partial charge on any atom is -0.346 e. The van der Waals surface area contributed by atoms with E-state index in [-0.39, 0.29) is 5.41 Å². The summed E-state index contributed by atoms with van der Waals surface area (Å²) in [4.78, 5) is 2.38. The van der Waals surface area contributed by atoms with Gasteiger partial charge in [0.05, 0.1) is 22.9 Å². The summed E-state index contributed by atoms with van der Waals surface area (Å²) in [5.41, 5.74) is 8.29. The van der Waals surface area contributed by atoms with Crippen molar-refractivity contribution in [3.8, 4) is 0 Å². The van der Waals surface area contributed by atoms with Gasteiger partial charge in [0.15, 0.2) is 7.36 Å². The Morgan fingerprint density at radius 2 is 1.57 bits per heavy atom. The van der Waals surface area contributed by atoms with E-state index in [1.165, 1.54) is 33.4 Å². The molecule has 3 aromatic rings. The Bertz CT molecular complexity index is 1430. The lowest BCUT2D eigenvalue weighted by Gasteiger charge is -2.41. The average Bonchev–Trinajstić information content (AvgIpc) is 3.35. The second-order valence-electron chi connectivity index (χ2n) is 10.3. The fourth-order valence-electron chi connectivity index (χ4n) is 5.85. The standard InChI is InChI=1S/C31H38N5P/c1-8-35(9-2)37(33-27-20-15-16-23(3)24(27)4)29(22-32-36(37)25-17-11-10-12-18-25)30-31(5,6)26-19-13-14-21-28(26)34(30)7/h10-22H,8-9H2,1-7H3/b30-29+. The molecule has 192 valence electrons. The molecule has 0 bridgehead atoms. The molecule has 0 aromatic heterocycles. The average molecular weight is 512 g/mol. The predicted molar refractivity (Wildman–Crippen MR) is 160 cm³/mol. The second kappa shape index (κ2) is 9.63. The lowest BCUT2D eigenvalue weighted by Crippen LogP contribution is -2.31. The number of para-hydroxylation sites is 2. The highest BCUT2D eigenvalue weighted by Crippen LogP contribution is 2.70. The van der Waals surface area contributed by atoms with Crippen LogP contribution >= 0.6 is 7.36 Å². The van der Waals surface area contributed by atoms with Crippen LogP contribution in [0.1, 0.15) is 44.4 Å². The number of hydrogen-bond donors (Lipinski definition) is 0. The number of anilines is 2.